The molecule has 2 aromatic rings. The molecule has 0 aliphatic rings. The van der Waals surface area contributed by atoms with Crippen molar-refractivity contribution in [1.29, 1.82) is 0 Å². The van der Waals surface area contributed by atoms with Crippen LogP contribution in [0.3, 0.4) is 0 Å². The Labute approximate surface area is 126 Å². The van der Waals surface area contributed by atoms with E-state index in [-0.39, 0.29) is 12.2 Å². The van der Waals surface area contributed by atoms with E-state index in [2.05, 4.69) is 20.9 Å². The Morgan fingerprint density at radius 3 is 3.05 bits per heavy atom. The van der Waals surface area contributed by atoms with Gasteiger partial charge in [-0.05, 0) is 23.8 Å². The molecule has 1 aromatic carbocycles. The smallest absolute Gasteiger partial charge is 0.309 e. The minimum atomic E-state index is -0.894. The molecule has 7 heteroatoms. The van der Waals surface area contributed by atoms with Gasteiger partial charge in [-0.15, -0.1) is 11.3 Å². The van der Waals surface area contributed by atoms with Gasteiger partial charge in [-0.2, -0.15) is 0 Å². The molecule has 0 radical (unpaired) electrons. The summed E-state index contributed by atoms with van der Waals surface area (Å²) in [5.74, 6) is -0.586. The number of thioether (sulfide) groups is 1. The molecule has 3 nitrogen and oxygen atoms in total. The van der Waals surface area contributed by atoms with Crippen LogP contribution in [0.25, 0.3) is 0 Å². The van der Waals surface area contributed by atoms with Crippen molar-refractivity contribution in [2.75, 3.05) is 0 Å². The average Bonchev–Trinajstić information content (AvgIpc) is 2.77. The van der Waals surface area contributed by atoms with Crippen molar-refractivity contribution in [2.24, 2.45) is 0 Å². The van der Waals surface area contributed by atoms with Gasteiger partial charge in [0.25, 0.3) is 0 Å². The van der Waals surface area contributed by atoms with Crippen LogP contribution in [0.15, 0.2) is 32.4 Å². The number of thiazole rings is 1. The number of halogens is 2. The molecule has 0 saturated heterocycles. The van der Waals surface area contributed by atoms with Gasteiger partial charge in [-0.1, -0.05) is 27.7 Å². The maximum absolute atomic E-state index is 13.1. The molecule has 0 aliphatic heterocycles. The monoisotopic (exact) mass is 361 g/mol. The van der Waals surface area contributed by atoms with Crippen LogP contribution in [0.2, 0.25) is 0 Å². The third-order valence-corrected chi connectivity index (χ3v) is 5.11. The summed E-state index contributed by atoms with van der Waals surface area (Å²) in [5.41, 5.74) is 1.40. The fourth-order valence-electron chi connectivity index (χ4n) is 1.38. The van der Waals surface area contributed by atoms with Crippen LogP contribution in [0.5, 0.6) is 0 Å². The predicted octanol–water partition coefficient (Wildman–Crippen LogP) is 3.96. The highest BCUT2D eigenvalue weighted by molar-refractivity contribution is 9.10. The Balaban J connectivity index is 2.00. The van der Waals surface area contributed by atoms with Crippen molar-refractivity contribution in [3.63, 3.8) is 0 Å². The van der Waals surface area contributed by atoms with Crippen LogP contribution in [0.1, 0.15) is 11.3 Å². The third-order valence-electron chi connectivity index (χ3n) is 2.22. The Morgan fingerprint density at radius 1 is 1.53 bits per heavy atom. The largest absolute Gasteiger partial charge is 0.481 e. The first kappa shape index (κ1) is 14.5. The molecule has 100 valence electrons. The third kappa shape index (κ3) is 4.29. The standard InChI is InChI=1S/C12H9BrFNO2S2/c13-10-2-1-8(14)3-7(10)5-18-12-15-9(6-19-12)4-11(16)17/h1-3,6H,4-5H2,(H,16,17). The van der Waals surface area contributed by atoms with E-state index >= 15 is 0 Å². The lowest BCUT2D eigenvalue weighted by Gasteiger charge is -2.02. The summed E-state index contributed by atoms with van der Waals surface area (Å²) in [5, 5.41) is 10.4. The SMILES string of the molecule is O=C(O)Cc1csc(SCc2cc(F)ccc2Br)n1. The van der Waals surface area contributed by atoms with Crippen LogP contribution in [-0.4, -0.2) is 16.1 Å². The highest BCUT2D eigenvalue weighted by atomic mass is 79.9. The molecular weight excluding hydrogens is 353 g/mol. The second-order valence-corrected chi connectivity index (χ2v) is 6.63. The number of nitrogens with zero attached hydrogens (tertiary/aromatic N) is 1. The molecule has 0 spiro atoms. The molecule has 0 atom stereocenters. The lowest BCUT2D eigenvalue weighted by molar-refractivity contribution is -0.136. The van der Waals surface area contributed by atoms with Gasteiger partial charge < -0.3 is 5.11 Å². The molecule has 1 heterocycles. The fourth-order valence-corrected chi connectivity index (χ4v) is 3.79. The summed E-state index contributed by atoms with van der Waals surface area (Å²) in [6, 6.07) is 4.54. The molecule has 0 bridgehead atoms. The van der Waals surface area contributed by atoms with Crippen molar-refractivity contribution in [1.82, 2.24) is 4.98 Å². The maximum atomic E-state index is 13.1. The van der Waals surface area contributed by atoms with Gasteiger partial charge in [0.15, 0.2) is 0 Å². The normalized spacial score (nSPS) is 10.6. The van der Waals surface area contributed by atoms with Gasteiger partial charge >= 0.3 is 5.97 Å². The Morgan fingerprint density at radius 2 is 2.32 bits per heavy atom. The highest BCUT2D eigenvalue weighted by Gasteiger charge is 2.08. The van der Waals surface area contributed by atoms with E-state index in [4.69, 9.17) is 5.11 Å². The minimum absolute atomic E-state index is 0.0687. The van der Waals surface area contributed by atoms with Gasteiger partial charge in [-0.25, -0.2) is 9.37 Å². The van der Waals surface area contributed by atoms with E-state index in [1.165, 1.54) is 35.2 Å². The zero-order valence-corrected chi connectivity index (χ0v) is 12.8. The van der Waals surface area contributed by atoms with Crippen LogP contribution >= 0.6 is 39.0 Å². The summed E-state index contributed by atoms with van der Waals surface area (Å²) >= 11 is 6.23. The molecule has 1 N–H and O–H groups in total. The number of carboxylic acids is 1. The molecule has 0 fully saturated rings. The molecule has 0 aliphatic carbocycles. The zero-order valence-electron chi connectivity index (χ0n) is 9.60. The van der Waals surface area contributed by atoms with Gasteiger partial charge in [0.1, 0.15) is 10.2 Å². The summed E-state index contributed by atoms with van der Waals surface area (Å²) in [6.45, 7) is 0. The van der Waals surface area contributed by atoms with Crippen LogP contribution < -0.4 is 0 Å². The van der Waals surface area contributed by atoms with E-state index in [1.807, 2.05) is 0 Å². The van der Waals surface area contributed by atoms with E-state index < -0.39 is 5.97 Å². The second kappa shape index (κ2) is 6.49. The number of carboxylic acid groups (broad SMARTS) is 1. The fraction of sp³-hybridized carbons (Fsp3) is 0.167. The van der Waals surface area contributed by atoms with Crippen molar-refractivity contribution in [3.05, 3.63) is 45.1 Å². The Hall–Kier alpha value is -0.920. The van der Waals surface area contributed by atoms with Gasteiger partial charge in [0, 0.05) is 15.6 Å². The molecule has 19 heavy (non-hydrogen) atoms. The summed E-state index contributed by atoms with van der Waals surface area (Å²) < 4.78 is 14.7. The molecule has 0 unspecified atom stereocenters. The highest BCUT2D eigenvalue weighted by Crippen LogP contribution is 2.29. The lowest BCUT2D eigenvalue weighted by atomic mass is 10.2. The second-order valence-electron chi connectivity index (χ2n) is 3.70. The summed E-state index contributed by atoms with van der Waals surface area (Å²) in [7, 11) is 0. The Bertz CT molecular complexity index is 603. The van der Waals surface area contributed by atoms with Gasteiger partial charge in [0.2, 0.25) is 0 Å². The topological polar surface area (TPSA) is 50.2 Å². The van der Waals surface area contributed by atoms with E-state index in [0.29, 0.717) is 11.4 Å². The number of aliphatic carboxylic acids is 1. The molecule has 0 amide bonds. The van der Waals surface area contributed by atoms with Crippen molar-refractivity contribution in [2.45, 2.75) is 16.5 Å². The summed E-state index contributed by atoms with van der Waals surface area (Å²) in [6.07, 6.45) is -0.0687. The first-order valence-corrected chi connectivity index (χ1v) is 7.93. The first-order valence-electron chi connectivity index (χ1n) is 5.27. The van der Waals surface area contributed by atoms with E-state index in [1.54, 1.807) is 11.4 Å². The first-order chi connectivity index (χ1) is 9.04. The van der Waals surface area contributed by atoms with E-state index in [0.717, 1.165) is 14.4 Å². The molecule has 2 rings (SSSR count). The molecule has 1 aromatic heterocycles. The number of hydrogen-bond donors (Lipinski definition) is 1. The van der Waals surface area contributed by atoms with Crippen molar-refractivity contribution in [3.8, 4) is 0 Å². The van der Waals surface area contributed by atoms with Gasteiger partial charge in [-0.3, -0.25) is 4.79 Å². The van der Waals surface area contributed by atoms with Gasteiger partial charge in [0.05, 0.1) is 12.1 Å². The predicted molar refractivity (Wildman–Crippen MR) is 77.1 cm³/mol. The van der Waals surface area contributed by atoms with Crippen molar-refractivity contribution >= 4 is 45.0 Å². The summed E-state index contributed by atoms with van der Waals surface area (Å²) in [4.78, 5) is 14.8. The van der Waals surface area contributed by atoms with Crippen LogP contribution in [0.4, 0.5) is 4.39 Å². The van der Waals surface area contributed by atoms with Crippen LogP contribution in [-0.2, 0) is 17.0 Å². The van der Waals surface area contributed by atoms with E-state index in [9.17, 15) is 9.18 Å². The molecular formula is C12H9BrFNO2S2. The quantitative estimate of drug-likeness (QED) is 0.818. The Kier molecular flexibility index (Phi) is 4.95. The zero-order chi connectivity index (χ0) is 13.8. The van der Waals surface area contributed by atoms with Crippen LogP contribution in [0, 0.1) is 5.82 Å². The lowest BCUT2D eigenvalue weighted by Crippen LogP contribution is -1.99. The number of carbonyl (C=O) groups is 1. The molecule has 0 saturated carbocycles. The number of aromatic nitrogens is 1. The number of rotatable bonds is 5. The number of benzene rings is 1. The number of hydrogen-bond acceptors (Lipinski definition) is 4. The maximum Gasteiger partial charge on any atom is 0.309 e. The van der Waals surface area contributed by atoms with Crippen molar-refractivity contribution < 1.29 is 14.3 Å². The average molecular weight is 362 g/mol. The minimum Gasteiger partial charge on any atom is -0.481 e.